The molecule has 3 rings (SSSR count). The van der Waals surface area contributed by atoms with Crippen molar-refractivity contribution in [2.75, 3.05) is 71.0 Å². The first-order valence-corrected chi connectivity index (χ1v) is 10.7. The third-order valence-corrected chi connectivity index (χ3v) is 5.18. The molecule has 0 radical (unpaired) electrons. The molecule has 166 valence electrons. The number of nitrogens with one attached hydrogen (secondary N) is 2. The highest BCUT2D eigenvalue weighted by Crippen LogP contribution is 2.10. The summed E-state index contributed by atoms with van der Waals surface area (Å²) in [6.07, 6.45) is 6.04. The van der Waals surface area contributed by atoms with Crippen LogP contribution in [0.3, 0.4) is 0 Å². The lowest BCUT2D eigenvalue weighted by Gasteiger charge is -2.34. The Hall–Kier alpha value is -2.46. The number of piperazine rings is 1. The van der Waals surface area contributed by atoms with Crippen molar-refractivity contribution >= 4 is 17.8 Å². The highest BCUT2D eigenvalue weighted by Gasteiger charge is 2.22. The number of anilines is 1. The summed E-state index contributed by atoms with van der Waals surface area (Å²) in [5.41, 5.74) is 0. The summed E-state index contributed by atoms with van der Waals surface area (Å²) in [7, 11) is 1.73. The Morgan fingerprint density at radius 1 is 1.23 bits per heavy atom. The molecule has 2 N–H and O–H groups in total. The topological polar surface area (TPSA) is 104 Å². The maximum absolute atomic E-state index is 12.5. The maximum Gasteiger partial charge on any atom is 0.225 e. The van der Waals surface area contributed by atoms with E-state index in [1.54, 1.807) is 25.5 Å². The first-order valence-electron chi connectivity index (χ1n) is 10.7. The molecule has 10 heteroatoms. The predicted octanol–water partition coefficient (Wildman–Crippen LogP) is -0.124. The van der Waals surface area contributed by atoms with Gasteiger partial charge in [0.15, 0.2) is 5.96 Å². The standard InChI is InChI=1S/C20H33N7O3/c1-21-19(22-8-3-14-30-17-5-15-29-16-17)23-9-4-18(28)26-10-12-27(13-11-26)20-24-6-2-7-25-20/h2,6-7,17H,3-5,8-16H2,1H3,(H2,21,22,23). The first kappa shape index (κ1) is 22.2. The Morgan fingerprint density at radius 2 is 2.00 bits per heavy atom. The van der Waals surface area contributed by atoms with E-state index in [0.29, 0.717) is 45.2 Å². The lowest BCUT2D eigenvalue weighted by molar-refractivity contribution is -0.131. The Morgan fingerprint density at radius 3 is 2.70 bits per heavy atom. The zero-order valence-electron chi connectivity index (χ0n) is 17.8. The number of aromatic nitrogens is 2. The molecule has 2 aliphatic heterocycles. The molecule has 30 heavy (non-hydrogen) atoms. The lowest BCUT2D eigenvalue weighted by atomic mass is 10.3. The fourth-order valence-electron chi connectivity index (χ4n) is 3.45. The van der Waals surface area contributed by atoms with Crippen molar-refractivity contribution in [3.8, 4) is 0 Å². The Labute approximate surface area is 178 Å². The van der Waals surface area contributed by atoms with E-state index >= 15 is 0 Å². The van der Waals surface area contributed by atoms with Gasteiger partial charge in [-0.25, -0.2) is 9.97 Å². The van der Waals surface area contributed by atoms with Crippen molar-refractivity contribution in [2.24, 2.45) is 4.99 Å². The van der Waals surface area contributed by atoms with E-state index < -0.39 is 0 Å². The SMILES string of the molecule is CN=C(NCCCOC1CCOC1)NCCC(=O)N1CCN(c2ncccn2)CC1. The minimum Gasteiger partial charge on any atom is -0.379 e. The normalized spacial score (nSPS) is 19.8. The summed E-state index contributed by atoms with van der Waals surface area (Å²) in [6.45, 7) is 6.42. The molecular weight excluding hydrogens is 386 g/mol. The van der Waals surface area contributed by atoms with Crippen LogP contribution in [0.25, 0.3) is 0 Å². The van der Waals surface area contributed by atoms with Crippen molar-refractivity contribution in [1.29, 1.82) is 0 Å². The van der Waals surface area contributed by atoms with Crippen LogP contribution < -0.4 is 15.5 Å². The lowest BCUT2D eigenvalue weighted by Crippen LogP contribution is -2.50. The number of carbonyl (C=O) groups is 1. The van der Waals surface area contributed by atoms with E-state index in [4.69, 9.17) is 9.47 Å². The molecule has 0 aromatic carbocycles. The van der Waals surface area contributed by atoms with Crippen molar-refractivity contribution in [3.05, 3.63) is 18.5 Å². The quantitative estimate of drug-likeness (QED) is 0.324. The van der Waals surface area contributed by atoms with Gasteiger partial charge in [-0.05, 0) is 18.9 Å². The molecule has 0 saturated carbocycles. The fourth-order valence-corrected chi connectivity index (χ4v) is 3.45. The molecule has 3 heterocycles. The van der Waals surface area contributed by atoms with E-state index in [1.807, 2.05) is 4.90 Å². The molecule has 1 unspecified atom stereocenters. The fraction of sp³-hybridized carbons (Fsp3) is 0.700. The van der Waals surface area contributed by atoms with Gasteiger partial charge in [0.25, 0.3) is 0 Å². The van der Waals surface area contributed by atoms with Crippen LogP contribution in [0.4, 0.5) is 5.95 Å². The van der Waals surface area contributed by atoms with E-state index in [1.165, 1.54) is 0 Å². The smallest absolute Gasteiger partial charge is 0.225 e. The van der Waals surface area contributed by atoms with Crippen LogP contribution in [0.5, 0.6) is 0 Å². The predicted molar refractivity (Wildman–Crippen MR) is 115 cm³/mol. The second-order valence-corrected chi connectivity index (χ2v) is 7.30. The van der Waals surface area contributed by atoms with Gasteiger partial charge in [0.05, 0.1) is 12.7 Å². The van der Waals surface area contributed by atoms with Crippen LogP contribution in [-0.2, 0) is 14.3 Å². The number of rotatable bonds is 9. The van der Waals surface area contributed by atoms with Crippen LogP contribution in [0, 0.1) is 0 Å². The maximum atomic E-state index is 12.5. The van der Waals surface area contributed by atoms with Gasteiger partial charge in [0.1, 0.15) is 0 Å². The Balaban J connectivity index is 1.25. The van der Waals surface area contributed by atoms with Gasteiger partial charge in [-0.1, -0.05) is 0 Å². The van der Waals surface area contributed by atoms with E-state index in [9.17, 15) is 4.79 Å². The second-order valence-electron chi connectivity index (χ2n) is 7.30. The van der Waals surface area contributed by atoms with E-state index in [0.717, 1.165) is 45.0 Å². The largest absolute Gasteiger partial charge is 0.379 e. The summed E-state index contributed by atoms with van der Waals surface area (Å²) in [5, 5.41) is 6.46. The van der Waals surface area contributed by atoms with E-state index in [-0.39, 0.29) is 12.0 Å². The van der Waals surface area contributed by atoms with Crippen molar-refractivity contribution < 1.29 is 14.3 Å². The van der Waals surface area contributed by atoms with Crippen molar-refractivity contribution in [3.63, 3.8) is 0 Å². The second kappa shape index (κ2) is 12.3. The van der Waals surface area contributed by atoms with Crippen molar-refractivity contribution in [2.45, 2.75) is 25.4 Å². The zero-order valence-corrected chi connectivity index (χ0v) is 17.8. The van der Waals surface area contributed by atoms with Crippen LogP contribution in [0.15, 0.2) is 23.5 Å². The monoisotopic (exact) mass is 419 g/mol. The molecular formula is C20H33N7O3. The van der Waals surface area contributed by atoms with E-state index in [2.05, 4.69) is 30.5 Å². The molecule has 2 aliphatic rings. The summed E-state index contributed by atoms with van der Waals surface area (Å²) in [4.78, 5) is 29.3. The number of ether oxygens (including phenoxy) is 2. The van der Waals surface area contributed by atoms with Gasteiger partial charge in [-0.3, -0.25) is 9.79 Å². The number of amides is 1. The number of hydrogen-bond donors (Lipinski definition) is 2. The highest BCUT2D eigenvalue weighted by molar-refractivity contribution is 5.81. The van der Waals surface area contributed by atoms with Gasteiger partial charge in [0, 0.05) is 78.3 Å². The van der Waals surface area contributed by atoms with Gasteiger partial charge < -0.3 is 29.9 Å². The number of guanidine groups is 1. The number of nitrogens with zero attached hydrogens (tertiary/aromatic N) is 5. The molecule has 2 saturated heterocycles. The van der Waals surface area contributed by atoms with Gasteiger partial charge >= 0.3 is 0 Å². The molecule has 1 atom stereocenters. The third-order valence-electron chi connectivity index (χ3n) is 5.18. The van der Waals surface area contributed by atoms with Crippen LogP contribution in [0.2, 0.25) is 0 Å². The molecule has 10 nitrogen and oxygen atoms in total. The molecule has 2 fully saturated rings. The molecule has 0 aliphatic carbocycles. The van der Waals surface area contributed by atoms with Gasteiger partial charge in [-0.15, -0.1) is 0 Å². The molecule has 0 bridgehead atoms. The molecule has 0 spiro atoms. The molecule has 1 aromatic rings. The summed E-state index contributed by atoms with van der Waals surface area (Å²) < 4.78 is 11.0. The number of hydrogen-bond acceptors (Lipinski definition) is 7. The summed E-state index contributed by atoms with van der Waals surface area (Å²) in [5.74, 6) is 1.58. The zero-order chi connectivity index (χ0) is 21.0. The third kappa shape index (κ3) is 7.10. The first-order chi connectivity index (χ1) is 14.8. The van der Waals surface area contributed by atoms with Crippen molar-refractivity contribution in [1.82, 2.24) is 25.5 Å². The molecule has 1 aromatic heterocycles. The number of aliphatic imine (C=N–C) groups is 1. The minimum atomic E-state index is 0.152. The summed E-state index contributed by atoms with van der Waals surface area (Å²) in [6, 6.07) is 1.80. The Bertz CT molecular complexity index is 660. The van der Waals surface area contributed by atoms with Crippen LogP contribution in [-0.4, -0.2) is 99.0 Å². The summed E-state index contributed by atoms with van der Waals surface area (Å²) >= 11 is 0. The van der Waals surface area contributed by atoms with Gasteiger partial charge in [-0.2, -0.15) is 0 Å². The minimum absolute atomic E-state index is 0.152. The highest BCUT2D eigenvalue weighted by atomic mass is 16.5. The van der Waals surface area contributed by atoms with Crippen LogP contribution >= 0.6 is 0 Å². The average molecular weight is 420 g/mol. The molecule has 1 amide bonds. The number of carbonyl (C=O) groups excluding carboxylic acids is 1. The average Bonchev–Trinajstić information content (AvgIpc) is 3.32. The van der Waals surface area contributed by atoms with Gasteiger partial charge in [0.2, 0.25) is 11.9 Å². The van der Waals surface area contributed by atoms with Crippen LogP contribution in [0.1, 0.15) is 19.3 Å². The Kier molecular flexibility index (Phi) is 9.10.